The molecule has 1 aromatic heterocycles. The second kappa shape index (κ2) is 5.03. The van der Waals surface area contributed by atoms with Crippen LogP contribution in [0.4, 0.5) is 0 Å². The van der Waals surface area contributed by atoms with Gasteiger partial charge in [0.2, 0.25) is 0 Å². The van der Waals surface area contributed by atoms with Gasteiger partial charge < -0.3 is 10.2 Å². The van der Waals surface area contributed by atoms with E-state index in [-0.39, 0.29) is 12.0 Å². The second-order valence-corrected chi connectivity index (χ2v) is 5.04. The standard InChI is InChI=1S/C13H18N4O2/c1-2-8-6-9(19-17-8)7-14-13(18)12-10-4-3-5-11(10)15-16-12/h9H,2-7H2,1H3,(H,14,18)(H,15,16)/t9-/m1/s1. The lowest BCUT2D eigenvalue weighted by molar-refractivity contribution is 0.0750. The molecular weight excluding hydrogens is 244 g/mol. The molecule has 102 valence electrons. The molecule has 1 aliphatic heterocycles. The fourth-order valence-electron chi connectivity index (χ4n) is 2.60. The lowest BCUT2D eigenvalue weighted by Gasteiger charge is -2.09. The molecule has 3 rings (SSSR count). The summed E-state index contributed by atoms with van der Waals surface area (Å²) in [5.41, 5.74) is 3.79. The average Bonchev–Trinajstić information content (AvgIpc) is 3.11. The number of aromatic amines is 1. The van der Waals surface area contributed by atoms with Crippen molar-refractivity contribution < 1.29 is 9.63 Å². The number of nitrogens with zero attached hydrogens (tertiary/aromatic N) is 2. The van der Waals surface area contributed by atoms with Crippen molar-refractivity contribution in [1.82, 2.24) is 15.5 Å². The van der Waals surface area contributed by atoms with E-state index in [1.54, 1.807) is 0 Å². The molecular formula is C13H18N4O2. The number of oxime groups is 1. The van der Waals surface area contributed by atoms with Crippen LogP contribution in [0.5, 0.6) is 0 Å². The third-order valence-corrected chi connectivity index (χ3v) is 3.71. The fourth-order valence-corrected chi connectivity index (χ4v) is 2.60. The van der Waals surface area contributed by atoms with Crippen molar-refractivity contribution in [3.63, 3.8) is 0 Å². The van der Waals surface area contributed by atoms with Crippen molar-refractivity contribution in [3.8, 4) is 0 Å². The van der Waals surface area contributed by atoms with Gasteiger partial charge in [-0.05, 0) is 25.7 Å². The molecule has 0 spiro atoms. The van der Waals surface area contributed by atoms with Crippen LogP contribution in [-0.4, -0.2) is 34.5 Å². The Kier molecular flexibility index (Phi) is 3.23. The number of aryl methyl sites for hydroxylation is 1. The van der Waals surface area contributed by atoms with Gasteiger partial charge in [0.05, 0.1) is 12.3 Å². The molecule has 1 aliphatic carbocycles. The third-order valence-electron chi connectivity index (χ3n) is 3.71. The Bertz CT molecular complexity index is 521. The number of carbonyl (C=O) groups excluding carboxylic acids is 1. The van der Waals surface area contributed by atoms with Gasteiger partial charge in [-0.2, -0.15) is 5.10 Å². The van der Waals surface area contributed by atoms with Gasteiger partial charge in [0.1, 0.15) is 6.10 Å². The number of hydrogen-bond acceptors (Lipinski definition) is 4. The first-order chi connectivity index (χ1) is 9.28. The molecule has 1 atom stereocenters. The van der Waals surface area contributed by atoms with Gasteiger partial charge in [0.25, 0.3) is 5.91 Å². The molecule has 2 aliphatic rings. The van der Waals surface area contributed by atoms with Gasteiger partial charge in [-0.25, -0.2) is 0 Å². The van der Waals surface area contributed by atoms with Crippen molar-refractivity contribution in [3.05, 3.63) is 17.0 Å². The summed E-state index contributed by atoms with van der Waals surface area (Å²) in [4.78, 5) is 17.3. The van der Waals surface area contributed by atoms with Crippen LogP contribution >= 0.6 is 0 Å². The Hall–Kier alpha value is -1.85. The Morgan fingerprint density at radius 1 is 1.53 bits per heavy atom. The van der Waals surface area contributed by atoms with Crippen LogP contribution in [-0.2, 0) is 17.7 Å². The van der Waals surface area contributed by atoms with Crippen LogP contribution in [0.2, 0.25) is 0 Å². The topological polar surface area (TPSA) is 79.4 Å². The Morgan fingerprint density at radius 3 is 3.21 bits per heavy atom. The second-order valence-electron chi connectivity index (χ2n) is 5.04. The Morgan fingerprint density at radius 2 is 2.42 bits per heavy atom. The molecule has 2 heterocycles. The van der Waals surface area contributed by atoms with Gasteiger partial charge in [-0.15, -0.1) is 0 Å². The van der Waals surface area contributed by atoms with Crippen molar-refractivity contribution in [2.75, 3.05) is 6.54 Å². The highest BCUT2D eigenvalue weighted by Crippen LogP contribution is 2.22. The number of amides is 1. The van der Waals surface area contributed by atoms with E-state index in [9.17, 15) is 4.79 Å². The number of nitrogens with one attached hydrogen (secondary N) is 2. The van der Waals surface area contributed by atoms with Gasteiger partial charge in [0.15, 0.2) is 5.69 Å². The number of rotatable bonds is 4. The van der Waals surface area contributed by atoms with E-state index in [1.807, 2.05) is 0 Å². The zero-order chi connectivity index (χ0) is 13.2. The minimum atomic E-state index is -0.118. The lowest BCUT2D eigenvalue weighted by atomic mass is 10.1. The average molecular weight is 262 g/mol. The first-order valence-electron chi connectivity index (χ1n) is 6.83. The molecule has 0 radical (unpaired) electrons. The van der Waals surface area contributed by atoms with Crippen LogP contribution < -0.4 is 5.32 Å². The quantitative estimate of drug-likeness (QED) is 0.855. The zero-order valence-electron chi connectivity index (χ0n) is 11.0. The molecule has 19 heavy (non-hydrogen) atoms. The molecule has 0 saturated carbocycles. The summed E-state index contributed by atoms with van der Waals surface area (Å²) >= 11 is 0. The number of hydrogen-bond donors (Lipinski definition) is 2. The molecule has 0 fully saturated rings. The van der Waals surface area contributed by atoms with Gasteiger partial charge in [0, 0.05) is 17.7 Å². The van der Waals surface area contributed by atoms with E-state index in [2.05, 4.69) is 27.6 Å². The van der Waals surface area contributed by atoms with Crippen molar-refractivity contribution in [2.45, 2.75) is 45.1 Å². The molecule has 1 amide bonds. The lowest BCUT2D eigenvalue weighted by Crippen LogP contribution is -2.33. The maximum atomic E-state index is 12.1. The molecule has 0 bridgehead atoms. The maximum absolute atomic E-state index is 12.1. The monoisotopic (exact) mass is 262 g/mol. The minimum absolute atomic E-state index is 0.0362. The molecule has 6 heteroatoms. The van der Waals surface area contributed by atoms with E-state index in [4.69, 9.17) is 4.84 Å². The Labute approximate surface area is 111 Å². The molecule has 0 saturated heterocycles. The van der Waals surface area contributed by atoms with E-state index in [1.165, 1.54) is 0 Å². The highest BCUT2D eigenvalue weighted by molar-refractivity contribution is 5.94. The summed E-state index contributed by atoms with van der Waals surface area (Å²) in [5.74, 6) is -0.118. The molecule has 2 N–H and O–H groups in total. The summed E-state index contributed by atoms with van der Waals surface area (Å²) in [6, 6.07) is 0. The number of aromatic nitrogens is 2. The number of carbonyl (C=O) groups is 1. The molecule has 0 aromatic carbocycles. The Balaban J connectivity index is 1.55. The summed E-state index contributed by atoms with van der Waals surface area (Å²) in [6.45, 7) is 2.53. The normalized spacial score (nSPS) is 20.9. The van der Waals surface area contributed by atoms with Crippen LogP contribution in [0.25, 0.3) is 0 Å². The van der Waals surface area contributed by atoms with Crippen LogP contribution in [0.3, 0.4) is 0 Å². The third kappa shape index (κ3) is 2.34. The fraction of sp³-hybridized carbons (Fsp3) is 0.615. The predicted octanol–water partition coefficient (Wildman–Crippen LogP) is 1.18. The van der Waals surface area contributed by atoms with Gasteiger partial charge >= 0.3 is 0 Å². The number of fused-ring (bicyclic) bond motifs is 1. The maximum Gasteiger partial charge on any atom is 0.272 e. The molecule has 6 nitrogen and oxygen atoms in total. The van der Waals surface area contributed by atoms with Crippen LogP contribution in [0.1, 0.15) is 47.9 Å². The van der Waals surface area contributed by atoms with E-state index in [0.717, 1.165) is 49.1 Å². The van der Waals surface area contributed by atoms with Crippen LogP contribution in [0.15, 0.2) is 5.16 Å². The predicted molar refractivity (Wildman–Crippen MR) is 70.2 cm³/mol. The first kappa shape index (κ1) is 12.2. The SMILES string of the molecule is CCC1=NO[C@@H](CNC(=O)c2n[nH]c3c2CCC3)C1. The van der Waals surface area contributed by atoms with Gasteiger partial charge in [-0.3, -0.25) is 9.89 Å². The number of H-pyrrole nitrogens is 1. The van der Waals surface area contributed by atoms with Crippen molar-refractivity contribution >= 4 is 11.6 Å². The van der Waals surface area contributed by atoms with Crippen molar-refractivity contribution in [1.29, 1.82) is 0 Å². The molecule has 1 aromatic rings. The largest absolute Gasteiger partial charge is 0.390 e. The summed E-state index contributed by atoms with van der Waals surface area (Å²) in [5, 5.41) is 13.9. The van der Waals surface area contributed by atoms with E-state index >= 15 is 0 Å². The smallest absolute Gasteiger partial charge is 0.272 e. The highest BCUT2D eigenvalue weighted by Gasteiger charge is 2.25. The first-order valence-corrected chi connectivity index (χ1v) is 6.83. The van der Waals surface area contributed by atoms with Crippen LogP contribution in [0, 0.1) is 0 Å². The minimum Gasteiger partial charge on any atom is -0.390 e. The summed E-state index contributed by atoms with van der Waals surface area (Å²) in [7, 11) is 0. The van der Waals surface area contributed by atoms with Crippen molar-refractivity contribution in [2.24, 2.45) is 5.16 Å². The zero-order valence-corrected chi connectivity index (χ0v) is 11.0. The highest BCUT2D eigenvalue weighted by atomic mass is 16.6. The molecule has 0 unspecified atom stereocenters. The van der Waals surface area contributed by atoms with E-state index in [0.29, 0.717) is 12.2 Å². The summed E-state index contributed by atoms with van der Waals surface area (Å²) in [6.07, 6.45) is 4.70. The van der Waals surface area contributed by atoms with Gasteiger partial charge in [-0.1, -0.05) is 12.1 Å². The summed E-state index contributed by atoms with van der Waals surface area (Å²) < 4.78 is 0. The van der Waals surface area contributed by atoms with E-state index < -0.39 is 0 Å².